The number of hydrogen-bond donors (Lipinski definition) is 1. The Bertz CT molecular complexity index is 479. The van der Waals surface area contributed by atoms with Gasteiger partial charge in [-0.1, -0.05) is 11.6 Å². The second kappa shape index (κ2) is 5.75. The predicted octanol–water partition coefficient (Wildman–Crippen LogP) is 3.14. The van der Waals surface area contributed by atoms with Gasteiger partial charge in [0.1, 0.15) is 5.69 Å². The zero-order valence-corrected chi connectivity index (χ0v) is 11.9. The van der Waals surface area contributed by atoms with E-state index < -0.39 is 0 Å². The van der Waals surface area contributed by atoms with Gasteiger partial charge in [0.05, 0.1) is 4.92 Å². The molecular formula is C13H18ClN3O2. The normalized spacial score (nSPS) is 19.9. The third-order valence-corrected chi connectivity index (χ3v) is 3.70. The Hall–Kier alpha value is -1.33. The second-order valence-electron chi connectivity index (χ2n) is 5.14. The molecule has 1 aliphatic rings. The van der Waals surface area contributed by atoms with E-state index in [4.69, 9.17) is 11.6 Å². The third kappa shape index (κ3) is 3.36. The van der Waals surface area contributed by atoms with Gasteiger partial charge in [-0.25, -0.2) is 0 Å². The van der Waals surface area contributed by atoms with Crippen molar-refractivity contribution >= 4 is 23.0 Å². The SMILES string of the molecule is CC(C)N1CCC(Nc2cc(Cl)ccc2[N+](=O)[O-])C1. The summed E-state index contributed by atoms with van der Waals surface area (Å²) in [7, 11) is 0. The van der Waals surface area contributed by atoms with E-state index in [1.54, 1.807) is 12.1 Å². The van der Waals surface area contributed by atoms with Gasteiger partial charge < -0.3 is 5.32 Å². The molecular weight excluding hydrogens is 266 g/mol. The molecule has 0 saturated carbocycles. The van der Waals surface area contributed by atoms with Crippen LogP contribution in [-0.4, -0.2) is 35.0 Å². The first-order chi connectivity index (χ1) is 8.97. The standard InChI is InChI=1S/C13H18ClN3O2/c1-9(2)16-6-5-11(8-16)15-12-7-10(14)3-4-13(12)17(18)19/h3-4,7,9,11,15H,5-6,8H2,1-2H3. The first-order valence-electron chi connectivity index (χ1n) is 6.42. The monoisotopic (exact) mass is 283 g/mol. The van der Waals surface area contributed by atoms with Gasteiger partial charge >= 0.3 is 0 Å². The van der Waals surface area contributed by atoms with Gasteiger partial charge in [0.2, 0.25) is 0 Å². The number of nitrogens with zero attached hydrogens (tertiary/aromatic N) is 2. The molecule has 1 fully saturated rings. The van der Waals surface area contributed by atoms with Gasteiger partial charge in [-0.05, 0) is 32.4 Å². The molecule has 5 nitrogen and oxygen atoms in total. The van der Waals surface area contributed by atoms with Crippen molar-refractivity contribution in [3.63, 3.8) is 0 Å². The Morgan fingerprint density at radius 3 is 2.84 bits per heavy atom. The van der Waals surface area contributed by atoms with Crippen LogP contribution >= 0.6 is 11.6 Å². The summed E-state index contributed by atoms with van der Waals surface area (Å²) in [4.78, 5) is 13.0. The molecule has 0 aromatic heterocycles. The summed E-state index contributed by atoms with van der Waals surface area (Å²) in [6.07, 6.45) is 0.988. The predicted molar refractivity (Wildman–Crippen MR) is 76.8 cm³/mol. The summed E-state index contributed by atoms with van der Waals surface area (Å²) in [5, 5.41) is 14.7. The number of rotatable bonds is 4. The number of nitrogens with one attached hydrogen (secondary N) is 1. The lowest BCUT2D eigenvalue weighted by molar-refractivity contribution is -0.384. The molecule has 0 radical (unpaired) electrons. The van der Waals surface area contributed by atoms with Crippen molar-refractivity contribution in [2.45, 2.75) is 32.4 Å². The summed E-state index contributed by atoms with van der Waals surface area (Å²) in [5.41, 5.74) is 0.584. The van der Waals surface area contributed by atoms with Crippen LogP contribution in [-0.2, 0) is 0 Å². The molecule has 1 aromatic carbocycles. The van der Waals surface area contributed by atoms with Crippen molar-refractivity contribution < 1.29 is 4.92 Å². The van der Waals surface area contributed by atoms with E-state index in [0.29, 0.717) is 16.8 Å². The summed E-state index contributed by atoms with van der Waals surface area (Å²) in [6.45, 7) is 6.24. The van der Waals surface area contributed by atoms with Crippen LogP contribution in [0.4, 0.5) is 11.4 Å². The molecule has 1 aromatic rings. The molecule has 104 valence electrons. The summed E-state index contributed by atoms with van der Waals surface area (Å²) in [6, 6.07) is 5.35. The van der Waals surface area contributed by atoms with Crippen molar-refractivity contribution in [2.24, 2.45) is 0 Å². The van der Waals surface area contributed by atoms with Crippen LogP contribution in [0.5, 0.6) is 0 Å². The Labute approximate surface area is 117 Å². The molecule has 0 spiro atoms. The minimum atomic E-state index is -0.381. The fraction of sp³-hybridized carbons (Fsp3) is 0.538. The Morgan fingerprint density at radius 2 is 2.26 bits per heavy atom. The van der Waals surface area contributed by atoms with Gasteiger partial charge in [-0.2, -0.15) is 0 Å². The van der Waals surface area contributed by atoms with Crippen molar-refractivity contribution in [2.75, 3.05) is 18.4 Å². The molecule has 1 heterocycles. The molecule has 1 aliphatic heterocycles. The Morgan fingerprint density at radius 1 is 1.53 bits per heavy atom. The van der Waals surface area contributed by atoms with Gasteiger partial charge in [0, 0.05) is 36.3 Å². The average Bonchev–Trinajstić information content (AvgIpc) is 2.77. The van der Waals surface area contributed by atoms with E-state index in [2.05, 4.69) is 24.1 Å². The maximum Gasteiger partial charge on any atom is 0.292 e. The van der Waals surface area contributed by atoms with E-state index in [9.17, 15) is 10.1 Å². The topological polar surface area (TPSA) is 58.4 Å². The minimum absolute atomic E-state index is 0.0763. The van der Waals surface area contributed by atoms with Crippen LogP contribution in [0, 0.1) is 10.1 Å². The van der Waals surface area contributed by atoms with Gasteiger partial charge in [-0.3, -0.25) is 15.0 Å². The van der Waals surface area contributed by atoms with E-state index in [1.807, 2.05) is 0 Å². The highest BCUT2D eigenvalue weighted by molar-refractivity contribution is 6.31. The summed E-state index contributed by atoms with van der Waals surface area (Å²) >= 11 is 5.91. The first kappa shape index (κ1) is 14.1. The van der Waals surface area contributed by atoms with Gasteiger partial charge in [0.25, 0.3) is 5.69 Å². The summed E-state index contributed by atoms with van der Waals surface area (Å²) < 4.78 is 0. The number of nitro groups is 1. The number of nitro benzene ring substituents is 1. The molecule has 1 N–H and O–H groups in total. The molecule has 1 atom stereocenters. The Kier molecular flexibility index (Phi) is 4.27. The highest BCUT2D eigenvalue weighted by atomic mass is 35.5. The minimum Gasteiger partial charge on any atom is -0.375 e. The van der Waals surface area contributed by atoms with E-state index >= 15 is 0 Å². The quantitative estimate of drug-likeness (QED) is 0.681. The molecule has 6 heteroatoms. The number of hydrogen-bond acceptors (Lipinski definition) is 4. The number of halogens is 1. The number of anilines is 1. The van der Waals surface area contributed by atoms with Crippen LogP contribution in [0.15, 0.2) is 18.2 Å². The maximum absolute atomic E-state index is 11.0. The highest BCUT2D eigenvalue weighted by Gasteiger charge is 2.26. The van der Waals surface area contributed by atoms with Gasteiger partial charge in [-0.15, -0.1) is 0 Å². The van der Waals surface area contributed by atoms with Crippen LogP contribution in [0.2, 0.25) is 5.02 Å². The Balaban J connectivity index is 2.11. The molecule has 1 unspecified atom stereocenters. The van der Waals surface area contributed by atoms with E-state index in [0.717, 1.165) is 19.5 Å². The molecule has 2 rings (SSSR count). The fourth-order valence-electron chi connectivity index (χ4n) is 2.38. The largest absolute Gasteiger partial charge is 0.375 e. The first-order valence-corrected chi connectivity index (χ1v) is 6.79. The van der Waals surface area contributed by atoms with E-state index in [1.165, 1.54) is 6.07 Å². The average molecular weight is 284 g/mol. The van der Waals surface area contributed by atoms with Gasteiger partial charge in [0.15, 0.2) is 0 Å². The molecule has 0 aliphatic carbocycles. The maximum atomic E-state index is 11.0. The van der Waals surface area contributed by atoms with Crippen molar-refractivity contribution in [1.82, 2.24) is 4.90 Å². The molecule has 0 amide bonds. The van der Waals surface area contributed by atoms with Crippen molar-refractivity contribution in [3.05, 3.63) is 33.3 Å². The van der Waals surface area contributed by atoms with Crippen molar-refractivity contribution in [1.29, 1.82) is 0 Å². The third-order valence-electron chi connectivity index (χ3n) is 3.46. The number of likely N-dealkylation sites (tertiary alicyclic amines) is 1. The number of benzene rings is 1. The molecule has 0 bridgehead atoms. The lowest BCUT2D eigenvalue weighted by Gasteiger charge is -2.20. The van der Waals surface area contributed by atoms with Crippen LogP contribution in [0.3, 0.4) is 0 Å². The van der Waals surface area contributed by atoms with Crippen LogP contribution < -0.4 is 5.32 Å². The lowest BCUT2D eigenvalue weighted by Crippen LogP contribution is -2.31. The van der Waals surface area contributed by atoms with Crippen LogP contribution in [0.25, 0.3) is 0 Å². The van der Waals surface area contributed by atoms with Crippen LogP contribution in [0.1, 0.15) is 20.3 Å². The molecule has 1 saturated heterocycles. The molecule has 19 heavy (non-hydrogen) atoms. The smallest absolute Gasteiger partial charge is 0.292 e. The highest BCUT2D eigenvalue weighted by Crippen LogP contribution is 2.29. The summed E-state index contributed by atoms with van der Waals surface area (Å²) in [5.74, 6) is 0. The fourth-order valence-corrected chi connectivity index (χ4v) is 2.55. The zero-order valence-electron chi connectivity index (χ0n) is 11.1. The zero-order chi connectivity index (χ0) is 14.0. The lowest BCUT2D eigenvalue weighted by atomic mass is 10.2. The second-order valence-corrected chi connectivity index (χ2v) is 5.57. The van der Waals surface area contributed by atoms with E-state index in [-0.39, 0.29) is 16.7 Å². The van der Waals surface area contributed by atoms with Crippen molar-refractivity contribution in [3.8, 4) is 0 Å².